The Hall–Kier alpha value is -3.00. The molecule has 0 N–H and O–H groups in total. The molecule has 4 atom stereocenters. The number of carbonyl (C=O) groups excluding carboxylic acids is 2. The monoisotopic (exact) mass is 539 g/mol. The van der Waals surface area contributed by atoms with E-state index in [4.69, 9.17) is 16.3 Å². The molecule has 1 heterocycles. The summed E-state index contributed by atoms with van der Waals surface area (Å²) in [5, 5.41) is -2.68. The van der Waals surface area contributed by atoms with Gasteiger partial charge in [0, 0.05) is 10.6 Å². The number of ketones is 1. The molecule has 4 unspecified atom stereocenters. The molecule has 8 heteroatoms. The van der Waals surface area contributed by atoms with Crippen molar-refractivity contribution >= 4 is 33.2 Å². The predicted octanol–water partition coefficient (Wildman–Crippen LogP) is 5.28. The third-order valence-corrected chi connectivity index (χ3v) is 9.49. The zero-order valence-corrected chi connectivity index (χ0v) is 22.8. The SMILES string of the molecule is CCOC(=O)C1C(c2ccc(C)cc2)N(C)C(c2ccc(C)cc2)C(C(=O)c2ccc(Cl)cc2)S1(=O)=O. The van der Waals surface area contributed by atoms with Gasteiger partial charge in [0.25, 0.3) is 0 Å². The highest BCUT2D eigenvalue weighted by atomic mass is 35.5. The summed E-state index contributed by atoms with van der Waals surface area (Å²) in [4.78, 5) is 29.1. The smallest absolute Gasteiger partial charge is 0.326 e. The number of Topliss-reactive ketones (excluding diaryl/α,β-unsaturated/α-hetero) is 1. The van der Waals surface area contributed by atoms with E-state index in [-0.39, 0.29) is 12.2 Å². The number of hydrogen-bond donors (Lipinski definition) is 0. The van der Waals surface area contributed by atoms with Crippen LogP contribution < -0.4 is 0 Å². The number of sulfone groups is 1. The molecule has 4 rings (SSSR count). The first kappa shape index (κ1) is 27.0. The summed E-state index contributed by atoms with van der Waals surface area (Å²) in [6.45, 7) is 5.52. The van der Waals surface area contributed by atoms with Gasteiger partial charge in [0.2, 0.25) is 0 Å². The lowest BCUT2D eigenvalue weighted by Gasteiger charge is -2.47. The van der Waals surface area contributed by atoms with Crippen LogP contribution in [0.4, 0.5) is 0 Å². The Morgan fingerprint density at radius 2 is 1.27 bits per heavy atom. The molecule has 1 fully saturated rings. The number of esters is 1. The number of aryl methyl sites for hydroxylation is 2. The van der Waals surface area contributed by atoms with Gasteiger partial charge in [-0.25, -0.2) is 8.42 Å². The summed E-state index contributed by atoms with van der Waals surface area (Å²) in [6, 6.07) is 19.3. The van der Waals surface area contributed by atoms with Crippen molar-refractivity contribution < 1.29 is 22.7 Å². The molecule has 3 aromatic carbocycles. The minimum absolute atomic E-state index is 0.0202. The van der Waals surface area contributed by atoms with Gasteiger partial charge >= 0.3 is 5.97 Å². The van der Waals surface area contributed by atoms with E-state index in [0.29, 0.717) is 16.1 Å². The van der Waals surface area contributed by atoms with E-state index in [1.165, 1.54) is 12.1 Å². The molecule has 1 aliphatic rings. The topological polar surface area (TPSA) is 80.8 Å². The van der Waals surface area contributed by atoms with Crippen LogP contribution in [-0.4, -0.2) is 49.2 Å². The molecule has 0 spiro atoms. The summed E-state index contributed by atoms with van der Waals surface area (Å²) in [7, 11) is -2.63. The van der Waals surface area contributed by atoms with Crippen molar-refractivity contribution in [3.63, 3.8) is 0 Å². The fourth-order valence-electron chi connectivity index (χ4n) is 5.02. The molecule has 6 nitrogen and oxygen atoms in total. The zero-order valence-electron chi connectivity index (χ0n) is 21.2. The van der Waals surface area contributed by atoms with E-state index in [1.54, 1.807) is 26.1 Å². The van der Waals surface area contributed by atoms with E-state index >= 15 is 0 Å². The fourth-order valence-corrected chi connectivity index (χ4v) is 7.65. The van der Waals surface area contributed by atoms with Gasteiger partial charge in [-0.05, 0) is 63.2 Å². The molecule has 3 aromatic rings. The van der Waals surface area contributed by atoms with Gasteiger partial charge in [-0.15, -0.1) is 0 Å². The molecule has 37 heavy (non-hydrogen) atoms. The first-order valence-electron chi connectivity index (χ1n) is 12.1. The Balaban J connectivity index is 1.96. The maximum absolute atomic E-state index is 14.4. The zero-order chi connectivity index (χ0) is 26.9. The minimum Gasteiger partial charge on any atom is -0.465 e. The lowest BCUT2D eigenvalue weighted by molar-refractivity contribution is -0.144. The standard InChI is InChI=1S/C29H30ClNO5S/c1-5-36-29(33)28-25(21-12-8-19(3)9-13-21)31(4)24(20-10-6-18(2)7-11-20)27(37(28,34)35)26(32)22-14-16-23(30)17-15-22/h6-17,24-25,27-28H,5H2,1-4H3. The van der Waals surface area contributed by atoms with Crippen LogP contribution in [0.15, 0.2) is 72.8 Å². The van der Waals surface area contributed by atoms with Gasteiger partial charge in [-0.3, -0.25) is 14.5 Å². The quantitative estimate of drug-likeness (QED) is 0.313. The molecule has 0 aliphatic carbocycles. The first-order valence-corrected chi connectivity index (χ1v) is 14.1. The highest BCUT2D eigenvalue weighted by Crippen LogP contribution is 2.46. The average molecular weight is 540 g/mol. The molecule has 0 saturated carbocycles. The highest BCUT2D eigenvalue weighted by Gasteiger charge is 2.58. The third-order valence-electron chi connectivity index (χ3n) is 6.90. The Labute approximate surface area is 223 Å². The number of benzene rings is 3. The van der Waals surface area contributed by atoms with E-state index in [1.807, 2.05) is 67.3 Å². The van der Waals surface area contributed by atoms with Gasteiger partial charge in [0.15, 0.2) is 20.9 Å². The van der Waals surface area contributed by atoms with E-state index in [0.717, 1.165) is 11.1 Å². The van der Waals surface area contributed by atoms with Crippen molar-refractivity contribution in [3.05, 3.63) is 106 Å². The van der Waals surface area contributed by atoms with Crippen LogP contribution in [0.1, 0.15) is 51.6 Å². The fraction of sp³-hybridized carbons (Fsp3) is 0.310. The Bertz CT molecular complexity index is 1390. The van der Waals surface area contributed by atoms with Crippen molar-refractivity contribution in [1.29, 1.82) is 0 Å². The molecular weight excluding hydrogens is 510 g/mol. The summed E-state index contributed by atoms with van der Waals surface area (Å²) in [6.07, 6.45) is 0. The Morgan fingerprint density at radius 1 is 0.811 bits per heavy atom. The summed E-state index contributed by atoms with van der Waals surface area (Å²) in [5.41, 5.74) is 3.54. The molecule has 0 amide bonds. The van der Waals surface area contributed by atoms with Gasteiger partial charge in [0.05, 0.1) is 18.7 Å². The maximum atomic E-state index is 14.4. The number of ether oxygens (including phenoxy) is 1. The minimum atomic E-state index is -4.39. The van der Waals surface area contributed by atoms with Crippen molar-refractivity contribution in [2.24, 2.45) is 0 Å². The van der Waals surface area contributed by atoms with Crippen molar-refractivity contribution in [2.45, 2.75) is 43.4 Å². The van der Waals surface area contributed by atoms with E-state index < -0.39 is 44.2 Å². The van der Waals surface area contributed by atoms with E-state index in [9.17, 15) is 18.0 Å². The molecule has 194 valence electrons. The molecule has 1 saturated heterocycles. The second kappa shape index (κ2) is 10.8. The van der Waals surface area contributed by atoms with Crippen molar-refractivity contribution in [2.75, 3.05) is 13.7 Å². The normalized spacial score (nSPS) is 23.4. The largest absolute Gasteiger partial charge is 0.465 e. The second-order valence-corrected chi connectivity index (χ2v) is 12.1. The number of nitrogens with zero attached hydrogens (tertiary/aromatic N) is 1. The second-order valence-electron chi connectivity index (χ2n) is 9.43. The van der Waals surface area contributed by atoms with Gasteiger partial charge < -0.3 is 4.74 Å². The summed E-state index contributed by atoms with van der Waals surface area (Å²) >= 11 is 6.02. The number of carbonyl (C=O) groups is 2. The Kier molecular flexibility index (Phi) is 7.88. The van der Waals surface area contributed by atoms with Crippen LogP contribution in [0.3, 0.4) is 0 Å². The molecular formula is C29H30ClNO5S. The van der Waals surface area contributed by atoms with Gasteiger partial charge in [0.1, 0.15) is 5.25 Å². The number of halogens is 1. The van der Waals surface area contributed by atoms with Crippen LogP contribution in [0.2, 0.25) is 5.02 Å². The van der Waals surface area contributed by atoms with Crippen LogP contribution in [0.5, 0.6) is 0 Å². The van der Waals surface area contributed by atoms with Crippen molar-refractivity contribution in [3.8, 4) is 0 Å². The van der Waals surface area contributed by atoms with E-state index in [2.05, 4.69) is 0 Å². The van der Waals surface area contributed by atoms with Crippen molar-refractivity contribution in [1.82, 2.24) is 4.90 Å². The number of hydrogen-bond acceptors (Lipinski definition) is 6. The Morgan fingerprint density at radius 3 is 1.73 bits per heavy atom. The van der Waals surface area contributed by atoms with Crippen LogP contribution in [0, 0.1) is 13.8 Å². The maximum Gasteiger partial charge on any atom is 0.326 e. The molecule has 1 aliphatic heterocycles. The van der Waals surface area contributed by atoms with Gasteiger partial charge in [-0.2, -0.15) is 0 Å². The summed E-state index contributed by atoms with van der Waals surface area (Å²) < 4.78 is 34.0. The van der Waals surface area contributed by atoms with Crippen LogP contribution >= 0.6 is 11.6 Å². The highest BCUT2D eigenvalue weighted by molar-refractivity contribution is 7.94. The lowest BCUT2D eigenvalue weighted by Crippen LogP contribution is -2.59. The lowest BCUT2D eigenvalue weighted by atomic mass is 9.91. The van der Waals surface area contributed by atoms with Crippen LogP contribution in [0.25, 0.3) is 0 Å². The third kappa shape index (κ3) is 5.21. The molecule has 0 aromatic heterocycles. The predicted molar refractivity (Wildman–Crippen MR) is 145 cm³/mol. The van der Waals surface area contributed by atoms with Gasteiger partial charge in [-0.1, -0.05) is 71.3 Å². The first-order chi connectivity index (χ1) is 17.6. The molecule has 0 radical (unpaired) electrons. The average Bonchev–Trinajstić information content (AvgIpc) is 2.86. The van der Waals surface area contributed by atoms with Crippen LogP contribution in [-0.2, 0) is 19.4 Å². The number of rotatable bonds is 6. The summed E-state index contributed by atoms with van der Waals surface area (Å²) in [5.74, 6) is -1.46. The molecule has 0 bridgehead atoms.